The zero-order valence-corrected chi connectivity index (χ0v) is 14.3. The summed E-state index contributed by atoms with van der Waals surface area (Å²) in [5, 5.41) is 5.63. The Balaban J connectivity index is 1.40. The van der Waals surface area contributed by atoms with Gasteiger partial charge < -0.3 is 10.2 Å². The first-order valence-corrected chi connectivity index (χ1v) is 8.74. The van der Waals surface area contributed by atoms with Crippen molar-refractivity contribution in [1.82, 2.24) is 10.2 Å². The van der Waals surface area contributed by atoms with Gasteiger partial charge in [-0.05, 0) is 29.7 Å². The van der Waals surface area contributed by atoms with Crippen LogP contribution in [0.2, 0.25) is 0 Å². The molecule has 6 nitrogen and oxygen atoms in total. The van der Waals surface area contributed by atoms with E-state index < -0.39 is 6.04 Å². The van der Waals surface area contributed by atoms with Gasteiger partial charge in [0.25, 0.3) is 5.91 Å². The van der Waals surface area contributed by atoms with Crippen LogP contribution in [0.25, 0.3) is 0 Å². The minimum atomic E-state index is -0.675. The minimum Gasteiger partial charge on any atom is -0.338 e. The normalized spacial score (nSPS) is 18.8. The van der Waals surface area contributed by atoms with Crippen LogP contribution >= 0.6 is 0 Å². The number of amides is 2. The largest absolute Gasteiger partial charge is 0.338 e. The van der Waals surface area contributed by atoms with Crippen molar-refractivity contribution in [2.75, 3.05) is 11.9 Å². The summed E-state index contributed by atoms with van der Waals surface area (Å²) in [6.07, 6.45) is 0.957. The molecule has 2 aliphatic rings. The molecule has 0 unspecified atom stereocenters. The summed E-state index contributed by atoms with van der Waals surface area (Å²) in [6.45, 7) is 1.53. The van der Waals surface area contributed by atoms with Gasteiger partial charge in [-0.25, -0.2) is 4.99 Å². The van der Waals surface area contributed by atoms with Crippen LogP contribution in [0.5, 0.6) is 0 Å². The summed E-state index contributed by atoms with van der Waals surface area (Å²) in [6, 6.07) is 16.8. The Morgan fingerprint density at radius 2 is 1.85 bits per heavy atom. The van der Waals surface area contributed by atoms with Crippen molar-refractivity contribution < 1.29 is 9.59 Å². The Hall–Kier alpha value is -3.15. The number of aliphatic imine (C=N–C) groups is 1. The third kappa shape index (κ3) is 3.44. The number of carbonyl (C=O) groups is 2. The Morgan fingerprint density at radius 1 is 1.12 bits per heavy atom. The van der Waals surface area contributed by atoms with Crippen molar-refractivity contribution in [2.24, 2.45) is 4.99 Å². The topological polar surface area (TPSA) is 73.8 Å². The lowest BCUT2D eigenvalue weighted by Gasteiger charge is -2.29. The third-order valence-corrected chi connectivity index (χ3v) is 4.68. The predicted octanol–water partition coefficient (Wildman–Crippen LogP) is 1.93. The molecule has 2 aromatic carbocycles. The van der Waals surface area contributed by atoms with E-state index in [0.717, 1.165) is 19.5 Å². The van der Waals surface area contributed by atoms with E-state index in [1.165, 1.54) is 11.1 Å². The van der Waals surface area contributed by atoms with Crippen LogP contribution in [-0.4, -0.2) is 35.3 Å². The molecular weight excluding hydrogens is 328 g/mol. The van der Waals surface area contributed by atoms with Gasteiger partial charge in [0, 0.05) is 18.8 Å². The number of nitrogens with one attached hydrogen (secondary N) is 2. The summed E-state index contributed by atoms with van der Waals surface area (Å²) in [5.74, 6) is 0.134. The average molecular weight is 348 g/mol. The van der Waals surface area contributed by atoms with Gasteiger partial charge in [-0.1, -0.05) is 42.5 Å². The second-order valence-electron chi connectivity index (χ2n) is 6.52. The molecule has 132 valence electrons. The van der Waals surface area contributed by atoms with E-state index in [-0.39, 0.29) is 18.2 Å². The number of fused-ring (bicyclic) bond motifs is 1. The fraction of sp³-hybridized carbons (Fsp3) is 0.250. The molecule has 0 bridgehead atoms. The van der Waals surface area contributed by atoms with Crippen LogP contribution in [-0.2, 0) is 22.6 Å². The van der Waals surface area contributed by atoms with Gasteiger partial charge in [-0.15, -0.1) is 0 Å². The van der Waals surface area contributed by atoms with Crippen LogP contribution in [0.3, 0.4) is 0 Å². The van der Waals surface area contributed by atoms with Gasteiger partial charge >= 0.3 is 0 Å². The number of anilines is 1. The third-order valence-electron chi connectivity index (χ3n) is 4.68. The van der Waals surface area contributed by atoms with Crippen molar-refractivity contribution in [2.45, 2.75) is 25.4 Å². The highest BCUT2D eigenvalue weighted by atomic mass is 16.2. The standard InChI is InChI=1S/C20H20N4O2/c25-18(21-16-8-2-1-3-9-16)12-17-19(26)23-20(22-17)24-11-10-14-6-4-5-7-15(14)13-24/h1-9,17H,10-13H2,(H,21,25)(H,22,23,26)/t17-/m0/s1. The molecule has 2 heterocycles. The highest BCUT2D eigenvalue weighted by Crippen LogP contribution is 2.20. The Kier molecular flexibility index (Phi) is 4.39. The number of guanidine groups is 1. The molecule has 26 heavy (non-hydrogen) atoms. The van der Waals surface area contributed by atoms with Crippen LogP contribution in [0.4, 0.5) is 5.69 Å². The molecule has 6 heteroatoms. The van der Waals surface area contributed by atoms with Gasteiger partial charge in [0.1, 0.15) is 6.04 Å². The molecule has 0 saturated carbocycles. The zero-order valence-electron chi connectivity index (χ0n) is 14.3. The lowest BCUT2D eigenvalue weighted by Crippen LogP contribution is -2.43. The molecule has 2 aromatic rings. The van der Waals surface area contributed by atoms with E-state index in [4.69, 9.17) is 0 Å². The van der Waals surface area contributed by atoms with E-state index >= 15 is 0 Å². The SMILES string of the molecule is O=C(C[C@@H]1N=C(N2CCc3ccccc3C2)NC1=O)Nc1ccccc1. The lowest BCUT2D eigenvalue weighted by molar-refractivity contribution is -0.123. The maximum atomic E-state index is 12.2. The summed E-state index contributed by atoms with van der Waals surface area (Å²) in [5.41, 5.74) is 3.31. The maximum absolute atomic E-state index is 12.2. The molecule has 0 fully saturated rings. The summed E-state index contributed by atoms with van der Waals surface area (Å²) in [7, 11) is 0. The van der Waals surface area contributed by atoms with Crippen LogP contribution in [0.15, 0.2) is 59.6 Å². The first-order valence-electron chi connectivity index (χ1n) is 8.74. The number of hydrogen-bond acceptors (Lipinski definition) is 4. The molecule has 4 rings (SSSR count). The smallest absolute Gasteiger partial charge is 0.252 e. The van der Waals surface area contributed by atoms with Crippen LogP contribution in [0.1, 0.15) is 17.5 Å². The molecule has 1 atom stereocenters. The molecule has 0 spiro atoms. The van der Waals surface area contributed by atoms with Crippen molar-refractivity contribution in [3.63, 3.8) is 0 Å². The quantitative estimate of drug-likeness (QED) is 0.890. The highest BCUT2D eigenvalue weighted by molar-refractivity contribution is 6.07. The number of hydrogen-bond donors (Lipinski definition) is 2. The Morgan fingerprint density at radius 3 is 2.65 bits per heavy atom. The van der Waals surface area contributed by atoms with Crippen molar-refractivity contribution >= 4 is 23.5 Å². The van der Waals surface area contributed by atoms with Crippen molar-refractivity contribution in [3.05, 3.63) is 65.7 Å². The molecule has 0 radical (unpaired) electrons. The van der Waals surface area contributed by atoms with E-state index in [1.807, 2.05) is 42.5 Å². The fourth-order valence-electron chi connectivity index (χ4n) is 3.32. The molecule has 2 N–H and O–H groups in total. The molecule has 0 aliphatic carbocycles. The second kappa shape index (κ2) is 7.00. The number of nitrogens with zero attached hydrogens (tertiary/aromatic N) is 2. The summed E-state index contributed by atoms with van der Waals surface area (Å²) in [4.78, 5) is 30.9. The first-order chi connectivity index (χ1) is 12.7. The first kappa shape index (κ1) is 16.3. The summed E-state index contributed by atoms with van der Waals surface area (Å²) >= 11 is 0. The van der Waals surface area contributed by atoms with E-state index in [9.17, 15) is 9.59 Å². The van der Waals surface area contributed by atoms with Gasteiger partial charge in [0.2, 0.25) is 11.9 Å². The van der Waals surface area contributed by atoms with E-state index in [1.54, 1.807) is 0 Å². The van der Waals surface area contributed by atoms with Crippen LogP contribution < -0.4 is 10.6 Å². The Bertz CT molecular complexity index is 863. The van der Waals surface area contributed by atoms with Gasteiger partial charge in [-0.2, -0.15) is 0 Å². The van der Waals surface area contributed by atoms with Crippen molar-refractivity contribution in [3.8, 4) is 0 Å². The lowest BCUT2D eigenvalue weighted by atomic mass is 10.0. The van der Waals surface area contributed by atoms with Gasteiger partial charge in [0.15, 0.2) is 0 Å². The number of para-hydroxylation sites is 1. The second-order valence-corrected chi connectivity index (χ2v) is 6.52. The van der Waals surface area contributed by atoms with E-state index in [2.05, 4.69) is 32.7 Å². The summed E-state index contributed by atoms with van der Waals surface area (Å²) < 4.78 is 0. The minimum absolute atomic E-state index is 0.0364. The van der Waals surface area contributed by atoms with E-state index in [0.29, 0.717) is 11.6 Å². The highest BCUT2D eigenvalue weighted by Gasteiger charge is 2.32. The number of benzene rings is 2. The van der Waals surface area contributed by atoms with Crippen LogP contribution in [0, 0.1) is 0 Å². The molecule has 0 saturated heterocycles. The Labute approximate surface area is 151 Å². The zero-order chi connectivity index (χ0) is 17.9. The van der Waals surface area contributed by atoms with Gasteiger partial charge in [0.05, 0.1) is 6.42 Å². The predicted molar refractivity (Wildman–Crippen MR) is 99.6 cm³/mol. The van der Waals surface area contributed by atoms with Crippen molar-refractivity contribution in [1.29, 1.82) is 0 Å². The monoisotopic (exact) mass is 348 g/mol. The number of carbonyl (C=O) groups excluding carboxylic acids is 2. The number of rotatable bonds is 3. The molecule has 2 aliphatic heterocycles. The fourth-order valence-corrected chi connectivity index (χ4v) is 3.32. The average Bonchev–Trinajstić information content (AvgIpc) is 3.02. The molecule has 2 amide bonds. The molecule has 0 aromatic heterocycles. The molecular formula is C20H20N4O2. The van der Waals surface area contributed by atoms with Gasteiger partial charge in [-0.3, -0.25) is 14.9 Å². The maximum Gasteiger partial charge on any atom is 0.252 e.